The quantitative estimate of drug-likeness (QED) is 0.283. The number of para-hydroxylation sites is 1. The number of nitrogens with one attached hydrogen (secondary N) is 1. The summed E-state index contributed by atoms with van der Waals surface area (Å²) < 4.78 is 11.4. The molecule has 5 heteroatoms. The van der Waals surface area contributed by atoms with E-state index < -0.39 is 0 Å². The van der Waals surface area contributed by atoms with Crippen LogP contribution in [0.2, 0.25) is 5.02 Å². The molecule has 5 rings (SSSR count). The SMILES string of the molecule is CCOc1cc(C=Nc2ccc([C@@H]3Nc4ccccc4[C@@H]4C=CC[C@@H]43)cc2)cc(Cl)c1OCC. The molecule has 34 heavy (non-hydrogen) atoms. The molecule has 0 spiro atoms. The molecule has 4 nitrogen and oxygen atoms in total. The summed E-state index contributed by atoms with van der Waals surface area (Å²) in [7, 11) is 0. The van der Waals surface area contributed by atoms with E-state index in [1.807, 2.05) is 32.2 Å². The van der Waals surface area contributed by atoms with E-state index in [1.54, 1.807) is 0 Å². The van der Waals surface area contributed by atoms with Gasteiger partial charge in [0.15, 0.2) is 11.5 Å². The van der Waals surface area contributed by atoms with Gasteiger partial charge in [0.05, 0.1) is 30.0 Å². The van der Waals surface area contributed by atoms with Gasteiger partial charge in [-0.15, -0.1) is 0 Å². The van der Waals surface area contributed by atoms with Gasteiger partial charge in [0.1, 0.15) is 0 Å². The topological polar surface area (TPSA) is 42.8 Å². The fraction of sp³-hybridized carbons (Fsp3) is 0.276. The lowest BCUT2D eigenvalue weighted by molar-refractivity contribution is 0.288. The van der Waals surface area contributed by atoms with Crippen LogP contribution in [0, 0.1) is 5.92 Å². The number of hydrogen-bond donors (Lipinski definition) is 1. The fourth-order valence-electron chi connectivity index (χ4n) is 5.00. The molecule has 0 saturated carbocycles. The van der Waals surface area contributed by atoms with Crippen molar-refractivity contribution in [2.45, 2.75) is 32.2 Å². The smallest absolute Gasteiger partial charge is 0.179 e. The number of nitrogens with zero attached hydrogens (tertiary/aromatic N) is 1. The van der Waals surface area contributed by atoms with Gasteiger partial charge in [0, 0.05) is 17.8 Å². The standard InChI is InChI=1S/C29H29ClN2O2/c1-3-33-27-17-19(16-25(30)29(27)34-4-2)18-31-21-14-12-20(13-15-21)28-24-10-7-9-22(24)23-8-5-6-11-26(23)32-28/h5-9,11-18,22,24,28,32H,3-4,10H2,1-2H3/t22-,24-,28-/m0/s1. The van der Waals surface area contributed by atoms with Crippen molar-refractivity contribution in [2.75, 3.05) is 18.5 Å². The molecule has 3 aromatic carbocycles. The Balaban J connectivity index is 1.35. The van der Waals surface area contributed by atoms with Crippen LogP contribution in [0.4, 0.5) is 11.4 Å². The van der Waals surface area contributed by atoms with Gasteiger partial charge in [0.25, 0.3) is 0 Å². The normalized spacial score (nSPS) is 20.6. The Morgan fingerprint density at radius 2 is 1.82 bits per heavy atom. The molecule has 2 aliphatic rings. The summed E-state index contributed by atoms with van der Waals surface area (Å²) in [5.74, 6) is 2.22. The van der Waals surface area contributed by atoms with E-state index in [0.717, 1.165) is 17.7 Å². The summed E-state index contributed by atoms with van der Waals surface area (Å²) in [6.07, 6.45) is 7.60. The Labute approximate surface area is 206 Å². The molecule has 0 radical (unpaired) electrons. The molecule has 1 aliphatic heterocycles. The van der Waals surface area contributed by atoms with Crippen molar-refractivity contribution in [1.29, 1.82) is 0 Å². The summed E-state index contributed by atoms with van der Waals surface area (Å²) in [6, 6.07) is 21.2. The summed E-state index contributed by atoms with van der Waals surface area (Å²) in [5, 5.41) is 4.30. The Bertz CT molecular complexity index is 1220. The van der Waals surface area contributed by atoms with Gasteiger partial charge in [-0.25, -0.2) is 0 Å². The number of rotatable bonds is 7. The van der Waals surface area contributed by atoms with Crippen LogP contribution in [0.25, 0.3) is 0 Å². The second-order valence-corrected chi connectivity index (χ2v) is 9.02. The van der Waals surface area contributed by atoms with Gasteiger partial charge in [-0.05, 0) is 73.2 Å². The third kappa shape index (κ3) is 4.43. The van der Waals surface area contributed by atoms with Crippen LogP contribution in [0.3, 0.4) is 0 Å². The molecule has 0 saturated heterocycles. The Morgan fingerprint density at radius 3 is 2.62 bits per heavy atom. The lowest BCUT2D eigenvalue weighted by Gasteiger charge is -2.37. The zero-order valence-electron chi connectivity index (χ0n) is 19.5. The molecule has 0 aromatic heterocycles. The summed E-state index contributed by atoms with van der Waals surface area (Å²) in [6.45, 7) is 4.93. The summed E-state index contributed by atoms with van der Waals surface area (Å²) >= 11 is 6.44. The van der Waals surface area contributed by atoms with E-state index in [4.69, 9.17) is 21.1 Å². The summed E-state index contributed by atoms with van der Waals surface area (Å²) in [5.41, 5.74) is 5.68. The fourth-order valence-corrected chi connectivity index (χ4v) is 5.27. The van der Waals surface area contributed by atoms with Crippen molar-refractivity contribution in [3.63, 3.8) is 0 Å². The molecule has 3 aromatic rings. The van der Waals surface area contributed by atoms with Crippen LogP contribution >= 0.6 is 11.6 Å². The van der Waals surface area contributed by atoms with Gasteiger partial charge >= 0.3 is 0 Å². The average Bonchev–Trinajstić information content (AvgIpc) is 3.35. The minimum Gasteiger partial charge on any atom is -0.490 e. The molecule has 1 heterocycles. The lowest BCUT2D eigenvalue weighted by Crippen LogP contribution is -2.28. The van der Waals surface area contributed by atoms with Crippen LogP contribution in [0.1, 0.15) is 48.9 Å². The van der Waals surface area contributed by atoms with Gasteiger partial charge in [0.2, 0.25) is 0 Å². The summed E-state index contributed by atoms with van der Waals surface area (Å²) in [4.78, 5) is 4.67. The van der Waals surface area contributed by atoms with E-state index in [0.29, 0.717) is 41.6 Å². The number of allylic oxidation sites excluding steroid dienone is 2. The lowest BCUT2D eigenvalue weighted by atomic mass is 9.77. The van der Waals surface area contributed by atoms with Crippen LogP contribution in [-0.2, 0) is 0 Å². The molecule has 1 N–H and O–H groups in total. The number of hydrogen-bond acceptors (Lipinski definition) is 4. The highest BCUT2D eigenvalue weighted by Crippen LogP contribution is 2.49. The highest BCUT2D eigenvalue weighted by molar-refractivity contribution is 6.32. The highest BCUT2D eigenvalue weighted by atomic mass is 35.5. The van der Waals surface area contributed by atoms with Crippen LogP contribution in [0.5, 0.6) is 11.5 Å². The van der Waals surface area contributed by atoms with Crippen molar-refractivity contribution in [1.82, 2.24) is 0 Å². The first-order valence-corrected chi connectivity index (χ1v) is 12.3. The average molecular weight is 473 g/mol. The number of anilines is 1. The maximum atomic E-state index is 6.44. The first kappa shape index (κ1) is 22.5. The first-order chi connectivity index (χ1) is 16.7. The first-order valence-electron chi connectivity index (χ1n) is 11.9. The maximum Gasteiger partial charge on any atom is 0.179 e. The predicted octanol–water partition coefficient (Wildman–Crippen LogP) is 7.71. The largest absolute Gasteiger partial charge is 0.490 e. The third-order valence-corrected chi connectivity index (χ3v) is 6.79. The zero-order valence-corrected chi connectivity index (χ0v) is 20.3. The zero-order chi connectivity index (χ0) is 23.5. The Morgan fingerprint density at radius 1 is 1.03 bits per heavy atom. The van der Waals surface area contributed by atoms with Gasteiger partial charge in [-0.2, -0.15) is 0 Å². The monoisotopic (exact) mass is 472 g/mol. The molecular formula is C29H29ClN2O2. The molecule has 0 unspecified atom stereocenters. The molecule has 0 amide bonds. The minimum atomic E-state index is 0.284. The second-order valence-electron chi connectivity index (χ2n) is 8.61. The van der Waals surface area contributed by atoms with E-state index in [1.165, 1.54) is 16.8 Å². The number of halogens is 1. The highest BCUT2D eigenvalue weighted by Gasteiger charge is 2.37. The minimum absolute atomic E-state index is 0.284. The Kier molecular flexibility index (Phi) is 6.59. The van der Waals surface area contributed by atoms with Crippen molar-refractivity contribution < 1.29 is 9.47 Å². The maximum absolute atomic E-state index is 6.44. The van der Waals surface area contributed by atoms with Crippen LogP contribution < -0.4 is 14.8 Å². The van der Waals surface area contributed by atoms with Crippen molar-refractivity contribution in [3.05, 3.63) is 94.5 Å². The number of benzene rings is 3. The van der Waals surface area contributed by atoms with Crippen molar-refractivity contribution in [3.8, 4) is 11.5 Å². The molecule has 1 aliphatic carbocycles. The molecule has 0 fully saturated rings. The van der Waals surface area contributed by atoms with E-state index in [2.05, 4.69) is 71.0 Å². The van der Waals surface area contributed by atoms with Gasteiger partial charge in [-0.1, -0.05) is 54.1 Å². The second kappa shape index (κ2) is 9.94. The van der Waals surface area contributed by atoms with E-state index in [9.17, 15) is 0 Å². The molecule has 174 valence electrons. The van der Waals surface area contributed by atoms with Crippen LogP contribution in [-0.4, -0.2) is 19.4 Å². The van der Waals surface area contributed by atoms with E-state index >= 15 is 0 Å². The van der Waals surface area contributed by atoms with Crippen molar-refractivity contribution >= 4 is 29.2 Å². The van der Waals surface area contributed by atoms with Gasteiger partial charge in [-0.3, -0.25) is 4.99 Å². The number of aliphatic imine (C=N–C) groups is 1. The van der Waals surface area contributed by atoms with Gasteiger partial charge < -0.3 is 14.8 Å². The van der Waals surface area contributed by atoms with Crippen LogP contribution in [0.15, 0.2) is 77.8 Å². The number of ether oxygens (including phenoxy) is 2. The molecule has 3 atom stereocenters. The van der Waals surface area contributed by atoms with Crippen molar-refractivity contribution in [2.24, 2.45) is 10.9 Å². The van der Waals surface area contributed by atoms with E-state index in [-0.39, 0.29) is 6.04 Å². The molecule has 0 bridgehead atoms. The molecular weight excluding hydrogens is 444 g/mol. The third-order valence-electron chi connectivity index (χ3n) is 6.51. The number of fused-ring (bicyclic) bond motifs is 3. The Hall–Kier alpha value is -3.24. The predicted molar refractivity (Wildman–Crippen MR) is 140 cm³/mol.